The van der Waals surface area contributed by atoms with Crippen molar-refractivity contribution in [2.75, 3.05) is 39.5 Å². The SMILES string of the molecule is CCOCCOC1CCOC2(CCN(C(=O)Cc3ccccc3Cl)CC2)C1. The Kier molecular flexibility index (Phi) is 7.53. The molecule has 0 radical (unpaired) electrons. The number of rotatable bonds is 7. The van der Waals surface area contributed by atoms with Crippen molar-refractivity contribution in [1.82, 2.24) is 4.90 Å². The second-order valence-electron chi connectivity index (χ2n) is 7.36. The van der Waals surface area contributed by atoms with Crippen molar-refractivity contribution in [3.05, 3.63) is 34.9 Å². The van der Waals surface area contributed by atoms with E-state index in [0.29, 0.717) is 24.7 Å². The molecule has 6 heteroatoms. The van der Waals surface area contributed by atoms with E-state index in [1.165, 1.54) is 0 Å². The van der Waals surface area contributed by atoms with Gasteiger partial charge in [-0.25, -0.2) is 0 Å². The van der Waals surface area contributed by atoms with E-state index < -0.39 is 0 Å². The number of carbonyl (C=O) groups is 1. The standard InChI is InChI=1S/C21H30ClNO4/c1-2-25-13-14-26-18-7-12-27-21(16-18)8-10-23(11-9-21)20(24)15-17-5-3-4-6-19(17)22/h3-6,18H,2,7-16H2,1H3. The summed E-state index contributed by atoms with van der Waals surface area (Å²) in [5.74, 6) is 0.137. The van der Waals surface area contributed by atoms with Crippen LogP contribution in [0.15, 0.2) is 24.3 Å². The normalized spacial score (nSPS) is 22.1. The number of hydrogen-bond acceptors (Lipinski definition) is 4. The van der Waals surface area contributed by atoms with Crippen LogP contribution in [0, 0.1) is 0 Å². The van der Waals surface area contributed by atoms with Gasteiger partial charge in [0.1, 0.15) is 0 Å². The lowest BCUT2D eigenvalue weighted by atomic mass is 9.83. The minimum atomic E-state index is -0.143. The fourth-order valence-corrected chi connectivity index (χ4v) is 4.17. The van der Waals surface area contributed by atoms with Crippen molar-refractivity contribution in [3.8, 4) is 0 Å². The first-order chi connectivity index (χ1) is 13.1. The molecule has 1 spiro atoms. The molecule has 1 amide bonds. The number of benzene rings is 1. The van der Waals surface area contributed by atoms with Gasteiger partial charge in [0.15, 0.2) is 0 Å². The minimum Gasteiger partial charge on any atom is -0.379 e. The van der Waals surface area contributed by atoms with Crippen LogP contribution >= 0.6 is 11.6 Å². The summed E-state index contributed by atoms with van der Waals surface area (Å²) in [4.78, 5) is 14.6. The molecule has 2 heterocycles. The maximum absolute atomic E-state index is 12.6. The van der Waals surface area contributed by atoms with Gasteiger partial charge in [-0.15, -0.1) is 0 Å². The van der Waals surface area contributed by atoms with Crippen LogP contribution in [0.2, 0.25) is 5.02 Å². The van der Waals surface area contributed by atoms with E-state index in [1.807, 2.05) is 36.1 Å². The number of ether oxygens (including phenoxy) is 3. The highest BCUT2D eigenvalue weighted by Gasteiger charge is 2.41. The maximum atomic E-state index is 12.6. The summed E-state index contributed by atoms with van der Waals surface area (Å²) in [6.07, 6.45) is 4.16. The highest BCUT2D eigenvalue weighted by molar-refractivity contribution is 6.31. The predicted octanol–water partition coefficient (Wildman–Crippen LogP) is 3.48. The Bertz CT molecular complexity index is 616. The molecular weight excluding hydrogens is 366 g/mol. The van der Waals surface area contributed by atoms with Gasteiger partial charge >= 0.3 is 0 Å². The zero-order chi connectivity index (χ0) is 19.1. The van der Waals surface area contributed by atoms with Crippen molar-refractivity contribution in [1.29, 1.82) is 0 Å². The molecule has 2 aliphatic heterocycles. The molecule has 27 heavy (non-hydrogen) atoms. The Balaban J connectivity index is 1.47. The third-order valence-electron chi connectivity index (χ3n) is 5.56. The third kappa shape index (κ3) is 5.67. The van der Waals surface area contributed by atoms with Gasteiger partial charge in [-0.05, 0) is 37.8 Å². The van der Waals surface area contributed by atoms with Crippen molar-refractivity contribution in [3.63, 3.8) is 0 Å². The first kappa shape index (κ1) is 20.6. The summed E-state index contributed by atoms with van der Waals surface area (Å²) in [6.45, 7) is 6.18. The summed E-state index contributed by atoms with van der Waals surface area (Å²) in [5.41, 5.74) is 0.747. The fraction of sp³-hybridized carbons (Fsp3) is 0.667. The quantitative estimate of drug-likeness (QED) is 0.663. The first-order valence-electron chi connectivity index (χ1n) is 9.96. The molecule has 2 saturated heterocycles. The Morgan fingerprint density at radius 1 is 1.30 bits per heavy atom. The molecule has 5 nitrogen and oxygen atoms in total. The average Bonchev–Trinajstić information content (AvgIpc) is 2.68. The molecule has 0 saturated carbocycles. The van der Waals surface area contributed by atoms with E-state index in [1.54, 1.807) is 0 Å². The summed E-state index contributed by atoms with van der Waals surface area (Å²) in [7, 11) is 0. The number of halogens is 1. The fourth-order valence-electron chi connectivity index (χ4n) is 3.97. The molecule has 0 N–H and O–H groups in total. The molecule has 1 aromatic carbocycles. The molecular formula is C21H30ClNO4. The Morgan fingerprint density at radius 2 is 2.07 bits per heavy atom. The minimum absolute atomic E-state index is 0.137. The maximum Gasteiger partial charge on any atom is 0.227 e. The van der Waals surface area contributed by atoms with Crippen LogP contribution in [0.5, 0.6) is 0 Å². The first-order valence-corrected chi connectivity index (χ1v) is 10.3. The van der Waals surface area contributed by atoms with Gasteiger partial charge in [-0.1, -0.05) is 29.8 Å². The van der Waals surface area contributed by atoms with Crippen molar-refractivity contribution in [2.24, 2.45) is 0 Å². The van der Waals surface area contributed by atoms with E-state index >= 15 is 0 Å². The summed E-state index contributed by atoms with van der Waals surface area (Å²) in [5, 5.41) is 0.655. The van der Waals surface area contributed by atoms with Crippen LogP contribution in [0.4, 0.5) is 0 Å². The molecule has 1 atom stereocenters. The van der Waals surface area contributed by atoms with Crippen LogP contribution < -0.4 is 0 Å². The van der Waals surface area contributed by atoms with E-state index in [4.69, 9.17) is 25.8 Å². The monoisotopic (exact) mass is 395 g/mol. The predicted molar refractivity (Wildman–Crippen MR) is 105 cm³/mol. The Hall–Kier alpha value is -1.14. The van der Waals surface area contributed by atoms with Crippen LogP contribution in [0.3, 0.4) is 0 Å². The Labute approximate surface area is 166 Å². The molecule has 2 aliphatic rings. The lowest BCUT2D eigenvalue weighted by molar-refractivity contribution is -0.163. The van der Waals surface area contributed by atoms with Crippen LogP contribution in [-0.2, 0) is 25.4 Å². The average molecular weight is 396 g/mol. The number of amides is 1. The molecule has 0 bridgehead atoms. The summed E-state index contributed by atoms with van der Waals surface area (Å²) in [6, 6.07) is 7.55. The van der Waals surface area contributed by atoms with Crippen molar-refractivity contribution < 1.29 is 19.0 Å². The van der Waals surface area contributed by atoms with Gasteiger partial charge in [0.05, 0.1) is 31.3 Å². The molecule has 0 aromatic heterocycles. The van der Waals surface area contributed by atoms with Crippen LogP contribution in [0.25, 0.3) is 0 Å². The highest BCUT2D eigenvalue weighted by Crippen LogP contribution is 2.36. The van der Waals surface area contributed by atoms with Gasteiger partial charge in [-0.2, -0.15) is 0 Å². The lowest BCUT2D eigenvalue weighted by Crippen LogP contribution is -2.52. The van der Waals surface area contributed by atoms with Crippen molar-refractivity contribution in [2.45, 2.75) is 50.7 Å². The van der Waals surface area contributed by atoms with Gasteiger partial charge in [0, 0.05) is 37.7 Å². The van der Waals surface area contributed by atoms with Gasteiger partial charge < -0.3 is 19.1 Å². The summed E-state index contributed by atoms with van der Waals surface area (Å²) >= 11 is 6.19. The number of piperidine rings is 1. The number of hydrogen-bond donors (Lipinski definition) is 0. The topological polar surface area (TPSA) is 48.0 Å². The van der Waals surface area contributed by atoms with E-state index in [9.17, 15) is 4.79 Å². The highest BCUT2D eigenvalue weighted by atomic mass is 35.5. The van der Waals surface area contributed by atoms with E-state index in [2.05, 4.69) is 0 Å². The van der Waals surface area contributed by atoms with Crippen molar-refractivity contribution >= 4 is 17.5 Å². The second-order valence-corrected chi connectivity index (χ2v) is 7.77. The largest absolute Gasteiger partial charge is 0.379 e. The van der Waals surface area contributed by atoms with Gasteiger partial charge in [0.2, 0.25) is 5.91 Å². The Morgan fingerprint density at radius 3 is 2.81 bits per heavy atom. The molecule has 150 valence electrons. The molecule has 3 rings (SSSR count). The van der Waals surface area contributed by atoms with E-state index in [0.717, 1.165) is 57.6 Å². The van der Waals surface area contributed by atoms with Gasteiger partial charge in [-0.3, -0.25) is 4.79 Å². The molecule has 1 aromatic rings. The zero-order valence-corrected chi connectivity index (χ0v) is 16.9. The lowest BCUT2D eigenvalue weighted by Gasteiger charge is -2.46. The molecule has 0 aliphatic carbocycles. The molecule has 2 fully saturated rings. The molecule has 1 unspecified atom stereocenters. The van der Waals surface area contributed by atoms with Crippen LogP contribution in [0.1, 0.15) is 38.2 Å². The number of nitrogens with zero attached hydrogens (tertiary/aromatic N) is 1. The zero-order valence-electron chi connectivity index (χ0n) is 16.1. The summed E-state index contributed by atoms with van der Waals surface area (Å²) < 4.78 is 17.5. The second kappa shape index (κ2) is 9.87. The number of likely N-dealkylation sites (tertiary alicyclic amines) is 1. The van der Waals surface area contributed by atoms with Gasteiger partial charge in [0.25, 0.3) is 0 Å². The number of carbonyl (C=O) groups excluding carboxylic acids is 1. The van der Waals surface area contributed by atoms with E-state index in [-0.39, 0.29) is 17.6 Å². The third-order valence-corrected chi connectivity index (χ3v) is 5.93. The van der Waals surface area contributed by atoms with Crippen LogP contribution in [-0.4, -0.2) is 62.0 Å². The smallest absolute Gasteiger partial charge is 0.227 e.